The molecule has 2 aromatic rings. The number of likely N-dealkylation sites (tertiary alicyclic amines) is 1. The number of ether oxygens (including phenoxy) is 2. The average Bonchev–Trinajstić information content (AvgIpc) is 2.73. The second kappa shape index (κ2) is 8.83. The van der Waals surface area contributed by atoms with Crippen molar-refractivity contribution >= 4 is 16.1 Å². The van der Waals surface area contributed by atoms with Crippen molar-refractivity contribution in [3.8, 4) is 17.2 Å². The molecule has 0 bridgehead atoms. The molecule has 0 amide bonds. The maximum Gasteiger partial charge on any atom is 0.339 e. The van der Waals surface area contributed by atoms with Crippen LogP contribution in [-0.2, 0) is 10.1 Å². The van der Waals surface area contributed by atoms with Crippen LogP contribution >= 0.6 is 0 Å². The molecule has 0 aromatic heterocycles. The third-order valence-corrected chi connectivity index (χ3v) is 6.47. The molecule has 0 aliphatic carbocycles. The zero-order valence-corrected chi connectivity index (χ0v) is 18.2. The van der Waals surface area contributed by atoms with Crippen molar-refractivity contribution in [2.24, 2.45) is 5.73 Å². The Kier molecular flexibility index (Phi) is 6.40. The molecule has 30 heavy (non-hydrogen) atoms. The van der Waals surface area contributed by atoms with Crippen molar-refractivity contribution in [3.63, 3.8) is 0 Å². The molecule has 0 unspecified atom stereocenters. The third kappa shape index (κ3) is 4.62. The van der Waals surface area contributed by atoms with E-state index in [-0.39, 0.29) is 22.5 Å². The fourth-order valence-corrected chi connectivity index (χ4v) is 4.67. The van der Waals surface area contributed by atoms with Gasteiger partial charge in [0.2, 0.25) is 0 Å². The molecule has 3 N–H and O–H groups in total. The molecule has 1 saturated heterocycles. The van der Waals surface area contributed by atoms with Gasteiger partial charge in [-0.1, -0.05) is 12.1 Å². The van der Waals surface area contributed by atoms with Gasteiger partial charge in [-0.25, -0.2) is 0 Å². The molecule has 8 nitrogen and oxygen atoms in total. The molecule has 162 valence electrons. The van der Waals surface area contributed by atoms with E-state index in [9.17, 15) is 8.42 Å². The van der Waals surface area contributed by atoms with Gasteiger partial charge in [0.15, 0.2) is 17.5 Å². The molecule has 1 aliphatic rings. The Morgan fingerprint density at radius 3 is 2.43 bits per heavy atom. The Labute approximate surface area is 177 Å². The first-order valence-corrected chi connectivity index (χ1v) is 11.0. The first kappa shape index (κ1) is 21.8. The number of guanidine groups is 1. The summed E-state index contributed by atoms with van der Waals surface area (Å²) in [6, 6.07) is 9.78. The number of benzene rings is 2. The van der Waals surface area contributed by atoms with E-state index in [1.165, 1.54) is 26.4 Å². The highest BCUT2D eigenvalue weighted by Gasteiger charge is 2.28. The Morgan fingerprint density at radius 2 is 1.83 bits per heavy atom. The number of nitrogens with two attached hydrogens (primary N) is 1. The lowest BCUT2D eigenvalue weighted by molar-refractivity contribution is 0.301. The number of methoxy groups -OCH3 is 2. The van der Waals surface area contributed by atoms with Crippen molar-refractivity contribution in [2.45, 2.75) is 30.6 Å². The smallest absolute Gasteiger partial charge is 0.339 e. The highest BCUT2D eigenvalue weighted by atomic mass is 32.2. The first-order valence-electron chi connectivity index (χ1n) is 9.61. The van der Waals surface area contributed by atoms with Crippen molar-refractivity contribution in [3.05, 3.63) is 47.5 Å². The van der Waals surface area contributed by atoms with Crippen LogP contribution < -0.4 is 19.4 Å². The van der Waals surface area contributed by atoms with Crippen LogP contribution in [0, 0.1) is 12.3 Å². The lowest BCUT2D eigenvalue weighted by atomic mass is 9.88. The first-order chi connectivity index (χ1) is 14.2. The fraction of sp³-hybridized carbons (Fsp3) is 0.381. The monoisotopic (exact) mass is 433 g/mol. The summed E-state index contributed by atoms with van der Waals surface area (Å²) in [5.41, 5.74) is 7.36. The van der Waals surface area contributed by atoms with Crippen LogP contribution in [0.4, 0.5) is 0 Å². The molecule has 1 aliphatic heterocycles. The minimum Gasteiger partial charge on any atom is -0.497 e. The summed E-state index contributed by atoms with van der Waals surface area (Å²) in [4.78, 5) is 1.82. The molecule has 1 heterocycles. The van der Waals surface area contributed by atoms with Gasteiger partial charge in [0.05, 0.1) is 14.2 Å². The van der Waals surface area contributed by atoms with E-state index in [0.717, 1.165) is 24.0 Å². The number of nitrogens with one attached hydrogen (secondary N) is 1. The van der Waals surface area contributed by atoms with Crippen LogP contribution in [0.2, 0.25) is 0 Å². The summed E-state index contributed by atoms with van der Waals surface area (Å²) in [6.45, 7) is 3.21. The van der Waals surface area contributed by atoms with E-state index >= 15 is 0 Å². The van der Waals surface area contributed by atoms with Crippen LogP contribution in [0.3, 0.4) is 0 Å². The van der Waals surface area contributed by atoms with Crippen LogP contribution in [0.1, 0.15) is 29.9 Å². The van der Waals surface area contributed by atoms with Crippen LogP contribution in [-0.4, -0.2) is 46.6 Å². The molecule has 0 spiro atoms. The Bertz CT molecular complexity index is 1030. The van der Waals surface area contributed by atoms with E-state index in [2.05, 4.69) is 0 Å². The zero-order chi connectivity index (χ0) is 21.9. The second-order valence-electron chi connectivity index (χ2n) is 7.25. The third-order valence-electron chi connectivity index (χ3n) is 5.24. The number of rotatable bonds is 6. The maximum absolute atomic E-state index is 12.9. The number of piperidine rings is 1. The average molecular weight is 434 g/mol. The summed E-state index contributed by atoms with van der Waals surface area (Å²) in [5.74, 6) is 1.21. The number of hydrogen-bond acceptors (Lipinski definition) is 6. The second-order valence-corrected chi connectivity index (χ2v) is 8.79. The number of aryl methyl sites for hydroxylation is 1. The van der Waals surface area contributed by atoms with E-state index in [1.807, 2.05) is 17.9 Å². The lowest BCUT2D eigenvalue weighted by Gasteiger charge is -2.33. The molecule has 0 saturated carbocycles. The van der Waals surface area contributed by atoms with Gasteiger partial charge in [-0.2, -0.15) is 8.42 Å². The summed E-state index contributed by atoms with van der Waals surface area (Å²) >= 11 is 0. The van der Waals surface area contributed by atoms with Gasteiger partial charge in [-0.05, 0) is 49.4 Å². The van der Waals surface area contributed by atoms with E-state index < -0.39 is 10.1 Å². The highest BCUT2D eigenvalue weighted by Crippen LogP contribution is 2.42. The van der Waals surface area contributed by atoms with Gasteiger partial charge in [-0.15, -0.1) is 0 Å². The number of nitrogens with zero attached hydrogens (tertiary/aromatic N) is 1. The van der Waals surface area contributed by atoms with Crippen molar-refractivity contribution in [1.29, 1.82) is 5.41 Å². The highest BCUT2D eigenvalue weighted by molar-refractivity contribution is 7.87. The van der Waals surface area contributed by atoms with Gasteiger partial charge in [0.25, 0.3) is 0 Å². The van der Waals surface area contributed by atoms with Crippen molar-refractivity contribution < 1.29 is 22.1 Å². The molecule has 1 fully saturated rings. The van der Waals surface area contributed by atoms with Crippen LogP contribution in [0.15, 0.2) is 41.3 Å². The van der Waals surface area contributed by atoms with Gasteiger partial charge in [-0.3, -0.25) is 5.41 Å². The van der Waals surface area contributed by atoms with Crippen LogP contribution in [0.5, 0.6) is 17.2 Å². The van der Waals surface area contributed by atoms with Crippen LogP contribution in [0.25, 0.3) is 0 Å². The Morgan fingerprint density at radius 1 is 1.13 bits per heavy atom. The Balaban J connectivity index is 1.93. The summed E-state index contributed by atoms with van der Waals surface area (Å²) < 4.78 is 42.0. The normalized spacial score (nSPS) is 15.0. The zero-order valence-electron chi connectivity index (χ0n) is 17.3. The molecule has 0 radical (unpaired) electrons. The number of hydrogen-bond donors (Lipinski definition) is 2. The molecule has 0 atom stereocenters. The minimum absolute atomic E-state index is 0.00160. The van der Waals surface area contributed by atoms with Gasteiger partial charge < -0.3 is 24.3 Å². The topological polar surface area (TPSA) is 115 Å². The maximum atomic E-state index is 12.9. The molecule has 3 rings (SSSR count). The molecule has 9 heteroatoms. The van der Waals surface area contributed by atoms with Gasteiger partial charge in [0.1, 0.15) is 10.6 Å². The molecular weight excluding hydrogens is 406 g/mol. The summed E-state index contributed by atoms with van der Waals surface area (Å²) in [5, 5.41) is 7.60. The summed E-state index contributed by atoms with van der Waals surface area (Å²) in [6.07, 6.45) is 1.56. The van der Waals surface area contributed by atoms with E-state index in [0.29, 0.717) is 24.6 Å². The molecular formula is C21H27N3O5S. The van der Waals surface area contributed by atoms with Gasteiger partial charge >= 0.3 is 10.1 Å². The predicted octanol–water partition coefficient (Wildman–Crippen LogP) is 2.85. The largest absolute Gasteiger partial charge is 0.497 e. The minimum atomic E-state index is -4.08. The van der Waals surface area contributed by atoms with Crippen molar-refractivity contribution in [2.75, 3.05) is 27.3 Å². The summed E-state index contributed by atoms with van der Waals surface area (Å²) in [7, 11) is -1.10. The standard InChI is InChI=1S/C21H27N3O5S/c1-14-11-18(15-7-9-24(10-8-15)21(22)23)20(28-3)19(12-14)29-30(25,26)17-6-4-5-16(13-17)27-2/h4-6,11-13,15H,7-10H2,1-3H3,(H3,22,23). The van der Waals surface area contributed by atoms with E-state index in [1.54, 1.807) is 18.2 Å². The fourth-order valence-electron chi connectivity index (χ4n) is 3.71. The van der Waals surface area contributed by atoms with Gasteiger partial charge in [0, 0.05) is 24.7 Å². The Hall–Kier alpha value is -2.94. The SMILES string of the molecule is COc1cccc(S(=O)(=O)Oc2cc(C)cc(C3CCN(C(=N)N)CC3)c2OC)c1. The molecule has 2 aromatic carbocycles. The van der Waals surface area contributed by atoms with E-state index in [4.69, 9.17) is 24.8 Å². The predicted molar refractivity (Wildman–Crippen MR) is 114 cm³/mol. The quantitative estimate of drug-likeness (QED) is 0.409. The lowest BCUT2D eigenvalue weighted by Crippen LogP contribution is -2.41. The van der Waals surface area contributed by atoms with Crippen molar-refractivity contribution in [1.82, 2.24) is 4.90 Å².